The molecule has 0 atom stereocenters. The quantitative estimate of drug-likeness (QED) is 0.759. The SMILES string of the molecule is O=C1Nc2cc(F)cc(Br)c2C12CC2. The molecule has 1 N–H and O–H groups in total. The van der Waals surface area contributed by atoms with Gasteiger partial charge in [0.15, 0.2) is 0 Å². The topological polar surface area (TPSA) is 29.1 Å². The van der Waals surface area contributed by atoms with Crippen molar-refractivity contribution in [1.82, 2.24) is 0 Å². The zero-order valence-electron chi connectivity index (χ0n) is 7.23. The predicted octanol–water partition coefficient (Wildman–Crippen LogP) is 2.57. The molecule has 1 aromatic rings. The molecule has 1 heterocycles. The standard InChI is InChI=1S/C10H7BrFNO/c11-6-3-5(12)4-7-8(6)10(1-2-10)9(14)13-7/h3-4H,1-2H2,(H,13,14). The van der Waals surface area contributed by atoms with E-state index in [2.05, 4.69) is 21.2 Å². The largest absolute Gasteiger partial charge is 0.325 e. The van der Waals surface area contributed by atoms with Crippen LogP contribution in [-0.4, -0.2) is 5.91 Å². The average Bonchev–Trinajstić information content (AvgIpc) is 2.78. The number of nitrogens with one attached hydrogen (secondary N) is 1. The average molecular weight is 256 g/mol. The molecule has 1 spiro atoms. The second-order valence-electron chi connectivity index (χ2n) is 3.85. The summed E-state index contributed by atoms with van der Waals surface area (Å²) in [5.74, 6) is -0.313. The van der Waals surface area contributed by atoms with E-state index in [4.69, 9.17) is 0 Å². The van der Waals surface area contributed by atoms with Gasteiger partial charge in [0.05, 0.1) is 5.41 Å². The van der Waals surface area contributed by atoms with Crippen LogP contribution in [0.25, 0.3) is 0 Å². The summed E-state index contributed by atoms with van der Waals surface area (Å²) in [6, 6.07) is 2.80. The number of fused-ring (bicyclic) bond motifs is 2. The van der Waals surface area contributed by atoms with Crippen LogP contribution in [0.4, 0.5) is 10.1 Å². The first-order valence-corrected chi connectivity index (χ1v) is 5.24. The molecule has 0 saturated heterocycles. The van der Waals surface area contributed by atoms with Gasteiger partial charge in [-0.15, -0.1) is 0 Å². The van der Waals surface area contributed by atoms with Crippen molar-refractivity contribution in [3.63, 3.8) is 0 Å². The van der Waals surface area contributed by atoms with Crippen LogP contribution >= 0.6 is 15.9 Å². The smallest absolute Gasteiger partial charge is 0.235 e. The fourth-order valence-electron chi connectivity index (χ4n) is 2.12. The maximum atomic E-state index is 13.0. The third kappa shape index (κ3) is 0.869. The minimum Gasteiger partial charge on any atom is -0.325 e. The Morgan fingerprint density at radius 3 is 2.79 bits per heavy atom. The fourth-order valence-corrected chi connectivity index (χ4v) is 2.93. The molecule has 0 radical (unpaired) electrons. The molecular weight excluding hydrogens is 249 g/mol. The Bertz CT molecular complexity index is 454. The summed E-state index contributed by atoms with van der Waals surface area (Å²) in [5, 5.41) is 2.72. The van der Waals surface area contributed by atoms with Gasteiger partial charge in [-0.25, -0.2) is 4.39 Å². The third-order valence-corrected chi connectivity index (χ3v) is 3.59. The monoisotopic (exact) mass is 255 g/mol. The Kier molecular flexibility index (Phi) is 1.42. The Morgan fingerprint density at radius 1 is 1.43 bits per heavy atom. The summed E-state index contributed by atoms with van der Waals surface area (Å²) in [5.41, 5.74) is 1.21. The van der Waals surface area contributed by atoms with Crippen molar-refractivity contribution in [1.29, 1.82) is 0 Å². The van der Waals surface area contributed by atoms with Crippen molar-refractivity contribution in [3.05, 3.63) is 28.0 Å². The van der Waals surface area contributed by atoms with E-state index in [0.29, 0.717) is 10.2 Å². The number of benzene rings is 1. The van der Waals surface area contributed by atoms with E-state index in [0.717, 1.165) is 18.4 Å². The summed E-state index contributed by atoms with van der Waals surface area (Å²) in [4.78, 5) is 11.6. The summed E-state index contributed by atoms with van der Waals surface area (Å²) in [7, 11) is 0. The van der Waals surface area contributed by atoms with Gasteiger partial charge in [-0.3, -0.25) is 4.79 Å². The first-order valence-electron chi connectivity index (χ1n) is 4.44. The molecule has 1 saturated carbocycles. The van der Waals surface area contributed by atoms with Crippen molar-refractivity contribution in [2.24, 2.45) is 0 Å². The lowest BCUT2D eigenvalue weighted by Crippen LogP contribution is -2.18. The van der Waals surface area contributed by atoms with Crippen molar-refractivity contribution >= 4 is 27.5 Å². The van der Waals surface area contributed by atoms with Crippen LogP contribution in [-0.2, 0) is 10.2 Å². The van der Waals surface area contributed by atoms with Crippen LogP contribution in [0.3, 0.4) is 0 Å². The van der Waals surface area contributed by atoms with E-state index >= 15 is 0 Å². The molecule has 1 fully saturated rings. The molecule has 1 amide bonds. The van der Waals surface area contributed by atoms with Crippen molar-refractivity contribution in [3.8, 4) is 0 Å². The lowest BCUT2D eigenvalue weighted by molar-refractivity contribution is -0.117. The maximum Gasteiger partial charge on any atom is 0.235 e. The van der Waals surface area contributed by atoms with Crippen molar-refractivity contribution < 1.29 is 9.18 Å². The zero-order chi connectivity index (χ0) is 9.92. The molecule has 3 rings (SSSR count). The fraction of sp³-hybridized carbons (Fsp3) is 0.300. The molecule has 4 heteroatoms. The number of hydrogen-bond acceptors (Lipinski definition) is 1. The Balaban J connectivity index is 2.28. The molecule has 1 aliphatic carbocycles. The summed E-state index contributed by atoms with van der Waals surface area (Å²) in [6.45, 7) is 0. The summed E-state index contributed by atoms with van der Waals surface area (Å²) in [6.07, 6.45) is 1.74. The van der Waals surface area contributed by atoms with Gasteiger partial charge in [0, 0.05) is 15.7 Å². The maximum absolute atomic E-state index is 13.0. The van der Waals surface area contributed by atoms with Gasteiger partial charge in [0.1, 0.15) is 5.82 Å². The second kappa shape index (κ2) is 2.37. The molecule has 0 aromatic heterocycles. The molecular formula is C10H7BrFNO. The van der Waals surface area contributed by atoms with E-state index in [-0.39, 0.29) is 17.1 Å². The second-order valence-corrected chi connectivity index (χ2v) is 4.70. The van der Waals surface area contributed by atoms with Gasteiger partial charge in [-0.1, -0.05) is 15.9 Å². The zero-order valence-corrected chi connectivity index (χ0v) is 8.82. The minimum absolute atomic E-state index is 0.0128. The van der Waals surface area contributed by atoms with Crippen LogP contribution < -0.4 is 5.32 Å². The first kappa shape index (κ1) is 8.41. The van der Waals surface area contributed by atoms with Crippen LogP contribution in [0.2, 0.25) is 0 Å². The van der Waals surface area contributed by atoms with E-state index in [1.807, 2.05) is 0 Å². The highest BCUT2D eigenvalue weighted by Crippen LogP contribution is 2.57. The molecule has 2 aliphatic rings. The van der Waals surface area contributed by atoms with Gasteiger partial charge in [0.25, 0.3) is 0 Å². The number of carbonyl (C=O) groups excluding carboxylic acids is 1. The normalized spacial score (nSPS) is 20.9. The Hall–Kier alpha value is -0.900. The van der Waals surface area contributed by atoms with Gasteiger partial charge in [-0.05, 0) is 25.0 Å². The number of rotatable bonds is 0. The molecule has 72 valence electrons. The molecule has 0 bridgehead atoms. The molecule has 1 aliphatic heterocycles. The number of anilines is 1. The summed E-state index contributed by atoms with van der Waals surface area (Å²) < 4.78 is 13.7. The predicted molar refractivity (Wildman–Crippen MR) is 53.6 cm³/mol. The Morgan fingerprint density at radius 2 is 2.14 bits per heavy atom. The molecule has 14 heavy (non-hydrogen) atoms. The highest BCUT2D eigenvalue weighted by molar-refractivity contribution is 9.10. The Labute approximate surface area is 88.6 Å². The van der Waals surface area contributed by atoms with E-state index in [9.17, 15) is 9.18 Å². The highest BCUT2D eigenvalue weighted by atomic mass is 79.9. The number of hydrogen-bond donors (Lipinski definition) is 1. The highest BCUT2D eigenvalue weighted by Gasteiger charge is 2.57. The number of halogens is 2. The number of amides is 1. The van der Waals surface area contributed by atoms with Gasteiger partial charge in [-0.2, -0.15) is 0 Å². The van der Waals surface area contributed by atoms with Crippen LogP contribution in [0.15, 0.2) is 16.6 Å². The molecule has 2 nitrogen and oxygen atoms in total. The summed E-state index contributed by atoms with van der Waals surface area (Å²) >= 11 is 3.31. The van der Waals surface area contributed by atoms with Gasteiger partial charge >= 0.3 is 0 Å². The third-order valence-electron chi connectivity index (χ3n) is 2.97. The van der Waals surface area contributed by atoms with Gasteiger partial charge < -0.3 is 5.32 Å². The van der Waals surface area contributed by atoms with Crippen LogP contribution in [0.1, 0.15) is 18.4 Å². The van der Waals surface area contributed by atoms with E-state index in [1.54, 1.807) is 0 Å². The van der Waals surface area contributed by atoms with E-state index < -0.39 is 0 Å². The molecule has 1 aromatic carbocycles. The molecule has 0 unspecified atom stereocenters. The minimum atomic E-state index is -0.345. The number of carbonyl (C=O) groups is 1. The van der Waals surface area contributed by atoms with Crippen molar-refractivity contribution in [2.45, 2.75) is 18.3 Å². The first-order chi connectivity index (χ1) is 6.63. The van der Waals surface area contributed by atoms with Crippen LogP contribution in [0.5, 0.6) is 0 Å². The van der Waals surface area contributed by atoms with E-state index in [1.165, 1.54) is 12.1 Å². The van der Waals surface area contributed by atoms with Crippen molar-refractivity contribution in [2.75, 3.05) is 5.32 Å². The lowest BCUT2D eigenvalue weighted by Gasteiger charge is -2.06. The van der Waals surface area contributed by atoms with Crippen LogP contribution in [0, 0.1) is 5.82 Å². The lowest BCUT2D eigenvalue weighted by atomic mass is 9.98. The van der Waals surface area contributed by atoms with Gasteiger partial charge in [0.2, 0.25) is 5.91 Å².